The van der Waals surface area contributed by atoms with Gasteiger partial charge >= 0.3 is 0 Å². The smallest absolute Gasteiger partial charge is 0.00771 e. The van der Waals surface area contributed by atoms with Crippen LogP contribution in [0.15, 0.2) is 0 Å². The van der Waals surface area contributed by atoms with Crippen molar-refractivity contribution in [2.24, 2.45) is 28.9 Å². The maximum absolute atomic E-state index is 5.69. The molecular weight excluding hydrogens is 182 g/mol. The SMILES string of the molecule is NCCCC12CC3CCCC(C1)C(C3)C2. The molecule has 2 N–H and O–H groups in total. The van der Waals surface area contributed by atoms with E-state index in [9.17, 15) is 0 Å². The Morgan fingerprint density at radius 2 is 1.93 bits per heavy atom. The lowest BCUT2D eigenvalue weighted by Crippen LogP contribution is -2.27. The van der Waals surface area contributed by atoms with Gasteiger partial charge in [-0.15, -0.1) is 0 Å². The molecule has 0 aliphatic heterocycles. The Morgan fingerprint density at radius 1 is 1.07 bits per heavy atom. The molecule has 3 aliphatic rings. The molecule has 0 saturated heterocycles. The third-order valence-electron chi connectivity index (χ3n) is 5.51. The summed E-state index contributed by atoms with van der Waals surface area (Å²) in [7, 11) is 0. The Bertz CT molecular complexity index is 233. The molecule has 0 spiro atoms. The van der Waals surface area contributed by atoms with Crippen LogP contribution >= 0.6 is 0 Å². The van der Waals surface area contributed by atoms with Gasteiger partial charge in [0.1, 0.15) is 0 Å². The van der Waals surface area contributed by atoms with Gasteiger partial charge in [0.15, 0.2) is 0 Å². The minimum atomic E-state index is 0.762. The molecule has 0 radical (unpaired) electrons. The number of hydrogen-bond donors (Lipinski definition) is 1. The van der Waals surface area contributed by atoms with Crippen LogP contribution < -0.4 is 5.73 Å². The molecule has 4 atom stereocenters. The summed E-state index contributed by atoms with van der Waals surface area (Å²) in [5, 5.41) is 0. The number of fused-ring (bicyclic) bond motifs is 2. The lowest BCUT2D eigenvalue weighted by Gasteiger charge is -2.38. The van der Waals surface area contributed by atoms with Crippen LogP contribution in [0.1, 0.15) is 57.8 Å². The van der Waals surface area contributed by atoms with Gasteiger partial charge in [-0.3, -0.25) is 0 Å². The molecule has 3 saturated carbocycles. The first kappa shape index (κ1) is 10.1. The summed E-state index contributed by atoms with van der Waals surface area (Å²) in [4.78, 5) is 0. The summed E-state index contributed by atoms with van der Waals surface area (Å²) >= 11 is 0. The molecule has 86 valence electrons. The molecule has 0 amide bonds. The fraction of sp³-hybridized carbons (Fsp3) is 1.00. The summed E-state index contributed by atoms with van der Waals surface area (Å²) in [5.41, 5.74) is 6.45. The van der Waals surface area contributed by atoms with Crippen molar-refractivity contribution in [2.75, 3.05) is 6.54 Å². The van der Waals surface area contributed by atoms with Gasteiger partial charge in [0.25, 0.3) is 0 Å². The van der Waals surface area contributed by atoms with E-state index in [2.05, 4.69) is 0 Å². The summed E-state index contributed by atoms with van der Waals surface area (Å²) in [6, 6.07) is 0. The Balaban J connectivity index is 1.76. The van der Waals surface area contributed by atoms with Crippen molar-refractivity contribution in [3.05, 3.63) is 0 Å². The van der Waals surface area contributed by atoms with Crippen molar-refractivity contribution in [3.8, 4) is 0 Å². The molecule has 3 bridgehead atoms. The molecule has 0 aromatic rings. The highest BCUT2D eigenvalue weighted by Crippen LogP contribution is 2.61. The first-order chi connectivity index (χ1) is 7.31. The van der Waals surface area contributed by atoms with E-state index in [0.29, 0.717) is 0 Å². The van der Waals surface area contributed by atoms with E-state index in [1.54, 1.807) is 32.1 Å². The van der Waals surface area contributed by atoms with E-state index in [1.165, 1.54) is 25.7 Å². The van der Waals surface area contributed by atoms with E-state index in [1.807, 2.05) is 0 Å². The fourth-order valence-corrected chi connectivity index (χ4v) is 5.10. The Kier molecular flexibility index (Phi) is 2.54. The van der Waals surface area contributed by atoms with Crippen molar-refractivity contribution in [3.63, 3.8) is 0 Å². The van der Waals surface area contributed by atoms with Gasteiger partial charge in [-0.05, 0) is 68.2 Å². The first-order valence-electron chi connectivity index (χ1n) is 7.01. The predicted octanol–water partition coefficient (Wildman–Crippen LogP) is 3.33. The van der Waals surface area contributed by atoms with E-state index < -0.39 is 0 Å². The van der Waals surface area contributed by atoms with Crippen molar-refractivity contribution in [1.82, 2.24) is 0 Å². The Morgan fingerprint density at radius 3 is 2.80 bits per heavy atom. The summed E-state index contributed by atoms with van der Waals surface area (Å²) in [5.74, 6) is 3.31. The van der Waals surface area contributed by atoms with Gasteiger partial charge in [0.2, 0.25) is 0 Å². The average molecular weight is 207 g/mol. The number of hydrogen-bond acceptors (Lipinski definition) is 1. The highest BCUT2D eigenvalue weighted by molar-refractivity contribution is 5.01. The van der Waals surface area contributed by atoms with E-state index >= 15 is 0 Å². The van der Waals surface area contributed by atoms with E-state index in [0.717, 1.165) is 29.7 Å². The van der Waals surface area contributed by atoms with Gasteiger partial charge in [-0.2, -0.15) is 0 Å². The van der Waals surface area contributed by atoms with E-state index in [-0.39, 0.29) is 0 Å². The summed E-state index contributed by atoms with van der Waals surface area (Å²) in [6.07, 6.45) is 13.6. The van der Waals surface area contributed by atoms with Crippen LogP contribution in [0.3, 0.4) is 0 Å². The lowest BCUT2D eigenvalue weighted by molar-refractivity contribution is 0.134. The second kappa shape index (κ2) is 3.76. The van der Waals surface area contributed by atoms with Gasteiger partial charge in [0.05, 0.1) is 0 Å². The maximum Gasteiger partial charge on any atom is -0.00771 e. The predicted molar refractivity (Wildman–Crippen MR) is 63.5 cm³/mol. The average Bonchev–Trinajstić information content (AvgIpc) is 2.38. The molecule has 15 heavy (non-hydrogen) atoms. The topological polar surface area (TPSA) is 26.0 Å². The standard InChI is InChI=1S/C14H25N/c15-6-2-5-14-8-11-3-1-4-12(9-14)13(7-11)10-14/h11-13H,1-10,15H2. The monoisotopic (exact) mass is 207 g/mol. The zero-order valence-corrected chi connectivity index (χ0v) is 9.88. The van der Waals surface area contributed by atoms with Crippen LogP contribution in [0.25, 0.3) is 0 Å². The molecule has 0 aromatic heterocycles. The molecule has 0 aromatic carbocycles. The van der Waals surface area contributed by atoms with Crippen LogP contribution in [0.5, 0.6) is 0 Å². The van der Waals surface area contributed by atoms with Crippen molar-refractivity contribution in [2.45, 2.75) is 57.8 Å². The van der Waals surface area contributed by atoms with Crippen LogP contribution in [0, 0.1) is 23.2 Å². The second-order valence-corrected chi connectivity index (χ2v) is 6.56. The van der Waals surface area contributed by atoms with Crippen molar-refractivity contribution in [1.29, 1.82) is 0 Å². The lowest BCUT2D eigenvalue weighted by atomic mass is 9.67. The molecule has 4 unspecified atom stereocenters. The summed E-state index contributed by atoms with van der Waals surface area (Å²) in [6.45, 7) is 0.905. The van der Waals surface area contributed by atoms with Crippen LogP contribution in [0.4, 0.5) is 0 Å². The number of nitrogens with two attached hydrogens (primary N) is 1. The molecule has 1 heteroatoms. The highest BCUT2D eigenvalue weighted by Gasteiger charge is 2.50. The molecule has 3 rings (SSSR count). The highest BCUT2D eigenvalue weighted by atomic mass is 14.6. The molecule has 0 heterocycles. The Hall–Kier alpha value is -0.0400. The molecular formula is C14H25N. The maximum atomic E-state index is 5.69. The minimum absolute atomic E-state index is 0.762. The zero-order valence-electron chi connectivity index (χ0n) is 9.88. The van der Waals surface area contributed by atoms with Gasteiger partial charge in [-0.25, -0.2) is 0 Å². The van der Waals surface area contributed by atoms with Crippen LogP contribution in [0.2, 0.25) is 0 Å². The fourth-order valence-electron chi connectivity index (χ4n) is 5.10. The van der Waals surface area contributed by atoms with Gasteiger partial charge in [0, 0.05) is 0 Å². The third kappa shape index (κ3) is 1.73. The quantitative estimate of drug-likeness (QED) is 0.754. The van der Waals surface area contributed by atoms with E-state index in [4.69, 9.17) is 5.73 Å². The van der Waals surface area contributed by atoms with Crippen molar-refractivity contribution < 1.29 is 0 Å². The van der Waals surface area contributed by atoms with Crippen LogP contribution in [-0.4, -0.2) is 6.54 Å². The minimum Gasteiger partial charge on any atom is -0.330 e. The molecule has 3 aliphatic carbocycles. The Labute approximate surface area is 93.8 Å². The molecule has 3 fully saturated rings. The molecule has 1 nitrogen and oxygen atoms in total. The number of rotatable bonds is 3. The third-order valence-corrected chi connectivity index (χ3v) is 5.51. The summed E-state index contributed by atoms with van der Waals surface area (Å²) < 4.78 is 0. The van der Waals surface area contributed by atoms with Crippen molar-refractivity contribution >= 4 is 0 Å². The first-order valence-corrected chi connectivity index (χ1v) is 7.01. The van der Waals surface area contributed by atoms with Gasteiger partial charge in [-0.1, -0.05) is 19.3 Å². The normalized spacial score (nSPS) is 48.2. The van der Waals surface area contributed by atoms with Crippen LogP contribution in [-0.2, 0) is 0 Å². The second-order valence-electron chi connectivity index (χ2n) is 6.56. The van der Waals surface area contributed by atoms with Gasteiger partial charge < -0.3 is 5.73 Å². The zero-order chi connectivity index (χ0) is 10.3. The largest absolute Gasteiger partial charge is 0.330 e.